The maximum Gasteiger partial charge on any atom is 0.331 e. The molecule has 1 unspecified atom stereocenters. The van der Waals surface area contributed by atoms with Crippen LogP contribution in [-0.4, -0.2) is 24.6 Å². The topological polar surface area (TPSA) is 88.4 Å². The predicted molar refractivity (Wildman–Crippen MR) is 102 cm³/mol. The number of esters is 1. The average Bonchev–Trinajstić information content (AvgIpc) is 2.67. The van der Waals surface area contributed by atoms with E-state index in [-0.39, 0.29) is 0 Å². The van der Waals surface area contributed by atoms with Crippen molar-refractivity contribution >= 4 is 23.6 Å². The van der Waals surface area contributed by atoms with E-state index in [2.05, 4.69) is 5.32 Å². The molecule has 2 aromatic carbocycles. The summed E-state index contributed by atoms with van der Waals surface area (Å²) in [7, 11) is 0. The van der Waals surface area contributed by atoms with E-state index >= 15 is 0 Å². The summed E-state index contributed by atoms with van der Waals surface area (Å²) in [6.07, 6.45) is 1.88. The molecule has 6 heteroatoms. The predicted octanol–water partition coefficient (Wildman–Crippen LogP) is 3.54. The number of carbonyl (C=O) groups is 2. The van der Waals surface area contributed by atoms with Gasteiger partial charge in [-0.25, -0.2) is 4.79 Å². The lowest BCUT2D eigenvalue weighted by Crippen LogP contribution is -2.29. The fourth-order valence-corrected chi connectivity index (χ4v) is 2.18. The summed E-state index contributed by atoms with van der Waals surface area (Å²) in [5, 5.41) is 11.5. The minimum absolute atomic E-state index is 0.427. The number of benzene rings is 2. The van der Waals surface area contributed by atoms with Gasteiger partial charge in [0, 0.05) is 11.8 Å². The van der Waals surface area contributed by atoms with Gasteiger partial charge in [0.2, 0.25) is 0 Å². The SMILES string of the molecule is CCOc1ccc(/C=C/C(=O)OC(C)C(=O)Nc2cccc(C#N)c2)cc1. The van der Waals surface area contributed by atoms with Crippen LogP contribution in [0, 0.1) is 11.3 Å². The molecule has 0 saturated heterocycles. The second-order valence-electron chi connectivity index (χ2n) is 5.60. The number of nitrogens with one attached hydrogen (secondary N) is 1. The van der Waals surface area contributed by atoms with Gasteiger partial charge in [0.15, 0.2) is 6.10 Å². The van der Waals surface area contributed by atoms with Crippen molar-refractivity contribution in [2.75, 3.05) is 11.9 Å². The van der Waals surface area contributed by atoms with Gasteiger partial charge in [-0.3, -0.25) is 4.79 Å². The average molecular weight is 364 g/mol. The van der Waals surface area contributed by atoms with Crippen LogP contribution in [0.2, 0.25) is 0 Å². The molecule has 0 aromatic heterocycles. The third-order valence-electron chi connectivity index (χ3n) is 3.52. The van der Waals surface area contributed by atoms with E-state index in [0.717, 1.165) is 11.3 Å². The highest BCUT2D eigenvalue weighted by Crippen LogP contribution is 2.13. The van der Waals surface area contributed by atoms with E-state index in [0.29, 0.717) is 17.9 Å². The quantitative estimate of drug-likeness (QED) is 0.600. The molecule has 0 saturated carbocycles. The molecular formula is C21H20N2O4. The van der Waals surface area contributed by atoms with Crippen molar-refractivity contribution in [1.29, 1.82) is 5.26 Å². The molecule has 0 fully saturated rings. The van der Waals surface area contributed by atoms with Crippen LogP contribution < -0.4 is 10.1 Å². The van der Waals surface area contributed by atoms with E-state index in [9.17, 15) is 9.59 Å². The molecule has 6 nitrogen and oxygen atoms in total. The van der Waals surface area contributed by atoms with Crippen molar-refractivity contribution in [2.45, 2.75) is 20.0 Å². The Morgan fingerprint density at radius 3 is 2.63 bits per heavy atom. The fourth-order valence-electron chi connectivity index (χ4n) is 2.18. The molecule has 1 atom stereocenters. The molecule has 1 amide bonds. The zero-order valence-electron chi connectivity index (χ0n) is 15.1. The lowest BCUT2D eigenvalue weighted by atomic mass is 10.2. The Hall–Kier alpha value is -3.59. The highest BCUT2D eigenvalue weighted by Gasteiger charge is 2.16. The molecule has 0 aliphatic carbocycles. The molecule has 138 valence electrons. The number of hydrogen-bond donors (Lipinski definition) is 1. The number of rotatable bonds is 7. The van der Waals surface area contributed by atoms with Crippen molar-refractivity contribution in [2.24, 2.45) is 0 Å². The molecule has 2 rings (SSSR count). The van der Waals surface area contributed by atoms with Gasteiger partial charge in [-0.1, -0.05) is 18.2 Å². The summed E-state index contributed by atoms with van der Waals surface area (Å²) in [4.78, 5) is 24.0. The van der Waals surface area contributed by atoms with Crippen LogP contribution >= 0.6 is 0 Å². The second-order valence-corrected chi connectivity index (χ2v) is 5.60. The van der Waals surface area contributed by atoms with E-state index in [1.54, 1.807) is 36.4 Å². The lowest BCUT2D eigenvalue weighted by Gasteiger charge is -2.12. The zero-order valence-corrected chi connectivity index (χ0v) is 15.1. The maximum absolute atomic E-state index is 12.1. The smallest absolute Gasteiger partial charge is 0.331 e. The molecule has 0 heterocycles. The largest absolute Gasteiger partial charge is 0.494 e. The van der Waals surface area contributed by atoms with Gasteiger partial charge in [0.05, 0.1) is 18.2 Å². The first-order valence-corrected chi connectivity index (χ1v) is 8.44. The van der Waals surface area contributed by atoms with Crippen molar-refractivity contribution in [3.05, 3.63) is 65.7 Å². The Morgan fingerprint density at radius 2 is 1.96 bits per heavy atom. The summed E-state index contributed by atoms with van der Waals surface area (Å²) < 4.78 is 10.4. The highest BCUT2D eigenvalue weighted by atomic mass is 16.5. The van der Waals surface area contributed by atoms with Gasteiger partial charge >= 0.3 is 5.97 Å². The molecule has 0 aliphatic rings. The van der Waals surface area contributed by atoms with Gasteiger partial charge < -0.3 is 14.8 Å². The zero-order chi connectivity index (χ0) is 19.6. The molecule has 0 radical (unpaired) electrons. The Morgan fingerprint density at radius 1 is 1.22 bits per heavy atom. The molecule has 0 spiro atoms. The number of nitrogens with zero attached hydrogens (tertiary/aromatic N) is 1. The summed E-state index contributed by atoms with van der Waals surface area (Å²) >= 11 is 0. The standard InChI is InChI=1S/C21H20N2O4/c1-3-26-19-10-7-16(8-11-19)9-12-20(24)27-15(2)21(25)23-18-6-4-5-17(13-18)14-22/h4-13,15H,3H2,1-2H3,(H,23,25)/b12-9+. The van der Waals surface area contributed by atoms with Gasteiger partial charge in [0.1, 0.15) is 5.75 Å². The number of nitriles is 1. The molecule has 27 heavy (non-hydrogen) atoms. The highest BCUT2D eigenvalue weighted by molar-refractivity contribution is 5.96. The summed E-state index contributed by atoms with van der Waals surface area (Å²) in [5.74, 6) is -0.354. The molecule has 0 bridgehead atoms. The van der Waals surface area contributed by atoms with E-state index in [4.69, 9.17) is 14.7 Å². The summed E-state index contributed by atoms with van der Waals surface area (Å²) in [5.41, 5.74) is 1.70. The van der Waals surface area contributed by atoms with Crippen LogP contribution in [0.15, 0.2) is 54.6 Å². The third-order valence-corrected chi connectivity index (χ3v) is 3.52. The first-order valence-electron chi connectivity index (χ1n) is 8.44. The first-order chi connectivity index (χ1) is 13.0. The van der Waals surface area contributed by atoms with Crippen LogP contribution in [0.5, 0.6) is 5.75 Å². The number of ether oxygens (including phenoxy) is 2. The Labute approximate surface area is 158 Å². The van der Waals surface area contributed by atoms with Gasteiger partial charge in [-0.2, -0.15) is 5.26 Å². The van der Waals surface area contributed by atoms with Crippen molar-refractivity contribution < 1.29 is 19.1 Å². The van der Waals surface area contributed by atoms with Crippen LogP contribution in [0.1, 0.15) is 25.0 Å². The lowest BCUT2D eigenvalue weighted by molar-refractivity contribution is -0.148. The van der Waals surface area contributed by atoms with Gasteiger partial charge in [0.25, 0.3) is 5.91 Å². The summed E-state index contributed by atoms with van der Waals surface area (Å²) in [6, 6.07) is 15.7. The maximum atomic E-state index is 12.1. The normalized spacial score (nSPS) is 11.4. The van der Waals surface area contributed by atoms with Crippen molar-refractivity contribution in [1.82, 2.24) is 0 Å². The molecule has 2 aromatic rings. The van der Waals surface area contributed by atoms with Crippen LogP contribution in [0.25, 0.3) is 6.08 Å². The molecule has 1 N–H and O–H groups in total. The second kappa shape index (κ2) is 9.78. The minimum atomic E-state index is -0.978. The van der Waals surface area contributed by atoms with Crippen molar-refractivity contribution in [3.63, 3.8) is 0 Å². The van der Waals surface area contributed by atoms with E-state index in [1.165, 1.54) is 19.1 Å². The molecule has 0 aliphatic heterocycles. The van der Waals surface area contributed by atoms with Crippen molar-refractivity contribution in [3.8, 4) is 11.8 Å². The number of anilines is 1. The number of hydrogen-bond acceptors (Lipinski definition) is 5. The summed E-state index contributed by atoms with van der Waals surface area (Å²) in [6.45, 7) is 3.97. The number of carbonyl (C=O) groups excluding carboxylic acids is 2. The van der Waals surface area contributed by atoms with Gasteiger partial charge in [-0.15, -0.1) is 0 Å². The third kappa shape index (κ3) is 6.33. The fraction of sp³-hybridized carbons (Fsp3) is 0.190. The van der Waals surface area contributed by atoms with Crippen LogP contribution in [0.3, 0.4) is 0 Å². The molecular weight excluding hydrogens is 344 g/mol. The minimum Gasteiger partial charge on any atom is -0.494 e. The Kier molecular flexibility index (Phi) is 7.15. The Bertz CT molecular complexity index is 866. The van der Waals surface area contributed by atoms with Crippen LogP contribution in [-0.2, 0) is 14.3 Å². The Balaban J connectivity index is 1.88. The van der Waals surface area contributed by atoms with Crippen LogP contribution in [0.4, 0.5) is 5.69 Å². The van der Waals surface area contributed by atoms with E-state index in [1.807, 2.05) is 25.1 Å². The number of amides is 1. The monoisotopic (exact) mass is 364 g/mol. The van der Waals surface area contributed by atoms with Gasteiger partial charge in [-0.05, 0) is 55.8 Å². The van der Waals surface area contributed by atoms with E-state index < -0.39 is 18.0 Å². The first kappa shape index (κ1) is 19.7.